The van der Waals surface area contributed by atoms with E-state index in [1.807, 2.05) is 0 Å². The quantitative estimate of drug-likeness (QED) is 0.291. The molecule has 0 radical (unpaired) electrons. The zero-order valence-electron chi connectivity index (χ0n) is 15.9. The average molecular weight is 454 g/mol. The van der Waals surface area contributed by atoms with Crippen LogP contribution in [0.15, 0.2) is 48.5 Å². The molecule has 4 nitrogen and oxygen atoms in total. The lowest BCUT2D eigenvalue weighted by atomic mass is 10.1. The number of rotatable bonds is 6. The van der Waals surface area contributed by atoms with E-state index in [1.165, 1.54) is 24.3 Å². The third kappa shape index (κ3) is 5.26. The summed E-state index contributed by atoms with van der Waals surface area (Å²) < 4.78 is 88.4. The second kappa shape index (κ2) is 9.54. The predicted octanol–water partition coefficient (Wildman–Crippen LogP) is 5.24. The van der Waals surface area contributed by atoms with Gasteiger partial charge in [-0.3, -0.25) is 0 Å². The number of hydrogen-bond acceptors (Lipinski definition) is 4. The molecule has 32 heavy (non-hydrogen) atoms. The summed E-state index contributed by atoms with van der Waals surface area (Å²) in [5.74, 6) is -10.8. The van der Waals surface area contributed by atoms with Crippen LogP contribution in [-0.4, -0.2) is 11.9 Å². The van der Waals surface area contributed by atoms with Gasteiger partial charge < -0.3 is 9.47 Å². The third-order valence-electron chi connectivity index (χ3n) is 4.18. The number of ether oxygens (including phenoxy) is 2. The van der Waals surface area contributed by atoms with Crippen molar-refractivity contribution in [1.82, 2.24) is 0 Å². The van der Waals surface area contributed by atoms with Crippen molar-refractivity contribution in [1.29, 1.82) is 0 Å². The van der Waals surface area contributed by atoms with Crippen LogP contribution in [0.4, 0.5) is 26.3 Å². The Morgan fingerprint density at radius 2 is 0.844 bits per heavy atom. The smallest absolute Gasteiger partial charge is 0.338 e. The van der Waals surface area contributed by atoms with E-state index in [4.69, 9.17) is 9.47 Å². The Bertz CT molecular complexity index is 1040. The average Bonchev–Trinajstić information content (AvgIpc) is 2.77. The standard InChI is InChI=1S/C22H12F6O4/c23-15-5-11(6-16(24)19(15)27)9-31-21(29)13-1-2-14(4-3-13)22(30)32-10-12-7-17(25)20(28)18(26)8-12/h1-8H,9-10H2. The van der Waals surface area contributed by atoms with Gasteiger partial charge in [-0.15, -0.1) is 0 Å². The molecule has 0 heterocycles. The van der Waals surface area contributed by atoms with E-state index in [0.29, 0.717) is 24.3 Å². The first-order valence-electron chi connectivity index (χ1n) is 8.87. The normalized spacial score (nSPS) is 10.7. The summed E-state index contributed by atoms with van der Waals surface area (Å²) in [5, 5.41) is 0. The number of carbonyl (C=O) groups is 2. The van der Waals surface area contributed by atoms with Gasteiger partial charge in [0.1, 0.15) is 13.2 Å². The highest BCUT2D eigenvalue weighted by molar-refractivity contribution is 5.93. The highest BCUT2D eigenvalue weighted by atomic mass is 19.2. The molecule has 3 rings (SSSR count). The fourth-order valence-electron chi connectivity index (χ4n) is 2.59. The van der Waals surface area contributed by atoms with E-state index in [2.05, 4.69) is 0 Å². The van der Waals surface area contributed by atoms with Gasteiger partial charge in [-0.1, -0.05) is 0 Å². The second-order valence-corrected chi connectivity index (χ2v) is 6.48. The molecule has 0 saturated heterocycles. The molecule has 0 fully saturated rings. The van der Waals surface area contributed by atoms with Crippen molar-refractivity contribution in [3.05, 3.63) is 106 Å². The molecule has 0 saturated carbocycles. The molecule has 0 unspecified atom stereocenters. The Hall–Kier alpha value is -3.82. The Morgan fingerprint density at radius 1 is 0.562 bits per heavy atom. The molecule has 0 amide bonds. The van der Waals surface area contributed by atoms with E-state index in [1.54, 1.807) is 0 Å². The molecule has 0 aliphatic rings. The Labute approximate surface area is 177 Å². The minimum absolute atomic E-state index is 0.00715. The van der Waals surface area contributed by atoms with Crippen molar-refractivity contribution in [2.24, 2.45) is 0 Å². The molecular weight excluding hydrogens is 442 g/mol. The van der Waals surface area contributed by atoms with Gasteiger partial charge in [0.2, 0.25) is 0 Å². The SMILES string of the molecule is O=C(OCc1cc(F)c(F)c(F)c1)c1ccc(C(=O)OCc2cc(F)c(F)c(F)c2)cc1. The maximum Gasteiger partial charge on any atom is 0.338 e. The van der Waals surface area contributed by atoms with E-state index in [9.17, 15) is 35.9 Å². The van der Waals surface area contributed by atoms with Gasteiger partial charge in [0, 0.05) is 0 Å². The molecule has 0 N–H and O–H groups in total. The first kappa shape index (κ1) is 22.9. The minimum Gasteiger partial charge on any atom is -0.457 e. The number of benzene rings is 3. The maximum atomic E-state index is 13.2. The zero-order valence-corrected chi connectivity index (χ0v) is 15.9. The summed E-state index contributed by atoms with van der Waals surface area (Å²) in [6.07, 6.45) is 0. The van der Waals surface area contributed by atoms with E-state index < -0.39 is 60.1 Å². The maximum absolute atomic E-state index is 13.2. The number of carbonyl (C=O) groups excluding carboxylic acids is 2. The first-order valence-corrected chi connectivity index (χ1v) is 8.87. The predicted molar refractivity (Wildman–Crippen MR) is 97.3 cm³/mol. The van der Waals surface area contributed by atoms with Gasteiger partial charge in [-0.05, 0) is 59.7 Å². The van der Waals surface area contributed by atoms with Gasteiger partial charge in [0.05, 0.1) is 11.1 Å². The van der Waals surface area contributed by atoms with Crippen molar-refractivity contribution in [3.63, 3.8) is 0 Å². The number of esters is 2. The molecule has 0 aromatic heterocycles. The molecule has 10 heteroatoms. The number of hydrogen-bond donors (Lipinski definition) is 0. The monoisotopic (exact) mass is 454 g/mol. The lowest BCUT2D eigenvalue weighted by Crippen LogP contribution is -2.09. The topological polar surface area (TPSA) is 52.6 Å². The van der Waals surface area contributed by atoms with Crippen LogP contribution < -0.4 is 0 Å². The van der Waals surface area contributed by atoms with Gasteiger partial charge in [-0.2, -0.15) is 0 Å². The summed E-state index contributed by atoms with van der Waals surface area (Å²) in [4.78, 5) is 24.1. The molecule has 0 aliphatic carbocycles. The summed E-state index contributed by atoms with van der Waals surface area (Å²) in [5.41, 5.74) is -0.230. The van der Waals surface area contributed by atoms with Crippen molar-refractivity contribution in [3.8, 4) is 0 Å². The van der Waals surface area contributed by atoms with Crippen molar-refractivity contribution in [2.75, 3.05) is 0 Å². The highest BCUT2D eigenvalue weighted by Crippen LogP contribution is 2.17. The van der Waals surface area contributed by atoms with Crippen molar-refractivity contribution >= 4 is 11.9 Å². The van der Waals surface area contributed by atoms with E-state index in [-0.39, 0.29) is 22.3 Å². The Morgan fingerprint density at radius 3 is 1.12 bits per heavy atom. The molecular formula is C22H12F6O4. The van der Waals surface area contributed by atoms with Crippen molar-refractivity contribution < 1.29 is 45.4 Å². The van der Waals surface area contributed by atoms with E-state index in [0.717, 1.165) is 0 Å². The largest absolute Gasteiger partial charge is 0.457 e. The van der Waals surface area contributed by atoms with Crippen LogP contribution in [0.1, 0.15) is 31.8 Å². The van der Waals surface area contributed by atoms with Gasteiger partial charge in [-0.25, -0.2) is 35.9 Å². The summed E-state index contributed by atoms with van der Waals surface area (Å²) in [6.45, 7) is -1.05. The van der Waals surface area contributed by atoms with Crippen LogP contribution in [0, 0.1) is 34.9 Å². The molecule has 0 atom stereocenters. The van der Waals surface area contributed by atoms with Crippen LogP contribution >= 0.6 is 0 Å². The van der Waals surface area contributed by atoms with Crippen LogP contribution in [0.2, 0.25) is 0 Å². The fraction of sp³-hybridized carbons (Fsp3) is 0.0909. The Kier molecular flexibility index (Phi) is 6.82. The summed E-state index contributed by atoms with van der Waals surface area (Å²) >= 11 is 0. The number of halogens is 6. The van der Waals surface area contributed by atoms with Crippen LogP contribution in [-0.2, 0) is 22.7 Å². The molecule has 3 aromatic rings. The lowest BCUT2D eigenvalue weighted by Gasteiger charge is -2.08. The second-order valence-electron chi connectivity index (χ2n) is 6.48. The van der Waals surface area contributed by atoms with Crippen molar-refractivity contribution in [2.45, 2.75) is 13.2 Å². The first-order chi connectivity index (χ1) is 15.2. The van der Waals surface area contributed by atoms with Gasteiger partial charge in [0.15, 0.2) is 34.9 Å². The third-order valence-corrected chi connectivity index (χ3v) is 4.18. The lowest BCUT2D eigenvalue weighted by molar-refractivity contribution is 0.0458. The van der Waals surface area contributed by atoms with Gasteiger partial charge in [0.25, 0.3) is 0 Å². The molecule has 0 bridgehead atoms. The van der Waals surface area contributed by atoms with Crippen LogP contribution in [0.5, 0.6) is 0 Å². The van der Waals surface area contributed by atoms with Gasteiger partial charge >= 0.3 is 11.9 Å². The zero-order chi connectivity index (χ0) is 23.4. The Balaban J connectivity index is 1.58. The molecule has 0 spiro atoms. The highest BCUT2D eigenvalue weighted by Gasteiger charge is 2.15. The van der Waals surface area contributed by atoms with Crippen LogP contribution in [0.25, 0.3) is 0 Å². The minimum atomic E-state index is -1.64. The molecule has 3 aromatic carbocycles. The fourth-order valence-corrected chi connectivity index (χ4v) is 2.59. The molecule has 166 valence electrons. The summed E-state index contributed by atoms with van der Waals surface area (Å²) in [7, 11) is 0. The molecule has 0 aliphatic heterocycles. The van der Waals surface area contributed by atoms with Crippen LogP contribution in [0.3, 0.4) is 0 Å². The summed E-state index contributed by atoms with van der Waals surface area (Å²) in [6, 6.07) is 7.58. The van der Waals surface area contributed by atoms with E-state index >= 15 is 0 Å².